The lowest BCUT2D eigenvalue weighted by Crippen LogP contribution is -2.19. The zero-order chi connectivity index (χ0) is 15.2. The maximum atomic E-state index is 4.53. The fraction of sp³-hybridized carbons (Fsp3) is 0.263. The van der Waals surface area contributed by atoms with Crippen molar-refractivity contribution in [3.8, 4) is 11.1 Å². The van der Waals surface area contributed by atoms with Crippen LogP contribution in [0.2, 0.25) is 0 Å². The number of hydrogen-bond acceptors (Lipinski definition) is 4. The molecule has 0 aromatic heterocycles. The maximum absolute atomic E-state index is 4.53. The van der Waals surface area contributed by atoms with Gasteiger partial charge in [-0.1, -0.05) is 24.3 Å². The van der Waals surface area contributed by atoms with Crippen molar-refractivity contribution in [2.24, 2.45) is 9.98 Å². The quantitative estimate of drug-likeness (QED) is 0.760. The van der Waals surface area contributed by atoms with Crippen LogP contribution in [0.25, 0.3) is 11.1 Å². The molecule has 2 N–H and O–H groups in total. The number of aliphatic imine (C=N–C) groups is 2. The van der Waals surface area contributed by atoms with Crippen molar-refractivity contribution in [3.05, 3.63) is 58.7 Å². The molecule has 0 bridgehead atoms. The first kappa shape index (κ1) is 12.9. The van der Waals surface area contributed by atoms with Gasteiger partial charge in [0.15, 0.2) is 0 Å². The zero-order valence-electron chi connectivity index (χ0n) is 12.9. The topological polar surface area (TPSA) is 48.8 Å². The van der Waals surface area contributed by atoms with Gasteiger partial charge in [-0.25, -0.2) is 0 Å². The van der Waals surface area contributed by atoms with Gasteiger partial charge < -0.3 is 10.6 Å². The largest absolute Gasteiger partial charge is 0.368 e. The van der Waals surface area contributed by atoms with Crippen LogP contribution in [0.15, 0.2) is 46.4 Å². The predicted octanol–water partition coefficient (Wildman–Crippen LogP) is 1.96. The van der Waals surface area contributed by atoms with Crippen LogP contribution >= 0.6 is 0 Å². The summed E-state index contributed by atoms with van der Waals surface area (Å²) in [7, 11) is 0. The third kappa shape index (κ3) is 2.05. The second-order valence-corrected chi connectivity index (χ2v) is 6.23. The first-order chi connectivity index (χ1) is 11.4. The minimum absolute atomic E-state index is 0.880. The fourth-order valence-electron chi connectivity index (χ4n) is 3.69. The average Bonchev–Trinajstić information content (AvgIpc) is 3.32. The molecule has 4 heteroatoms. The summed E-state index contributed by atoms with van der Waals surface area (Å²) in [6.45, 7) is 3.66. The van der Waals surface area contributed by atoms with Gasteiger partial charge in [-0.2, -0.15) is 0 Å². The van der Waals surface area contributed by atoms with Gasteiger partial charge in [-0.15, -0.1) is 0 Å². The predicted molar refractivity (Wildman–Crippen MR) is 93.5 cm³/mol. The van der Waals surface area contributed by atoms with Crippen LogP contribution in [0.3, 0.4) is 0 Å². The van der Waals surface area contributed by atoms with E-state index in [4.69, 9.17) is 0 Å². The molecule has 2 aliphatic heterocycles. The monoisotopic (exact) mass is 302 g/mol. The number of rotatable bonds is 2. The van der Waals surface area contributed by atoms with Crippen LogP contribution in [0.4, 0.5) is 0 Å². The number of amidine groups is 2. The number of fused-ring (bicyclic) bond motifs is 3. The van der Waals surface area contributed by atoms with Crippen LogP contribution in [0.1, 0.15) is 22.3 Å². The van der Waals surface area contributed by atoms with Gasteiger partial charge in [-0.3, -0.25) is 9.98 Å². The third-order valence-corrected chi connectivity index (χ3v) is 4.78. The van der Waals surface area contributed by atoms with Gasteiger partial charge in [0.2, 0.25) is 0 Å². The molecule has 0 unspecified atom stereocenters. The van der Waals surface area contributed by atoms with Gasteiger partial charge in [-0.05, 0) is 40.8 Å². The molecular weight excluding hydrogens is 284 g/mol. The van der Waals surface area contributed by atoms with Crippen LogP contribution in [-0.2, 0) is 6.42 Å². The van der Waals surface area contributed by atoms with E-state index in [1.165, 1.54) is 33.4 Å². The van der Waals surface area contributed by atoms with Crippen molar-refractivity contribution in [1.82, 2.24) is 10.6 Å². The molecule has 3 aliphatic rings. The molecule has 0 radical (unpaired) electrons. The van der Waals surface area contributed by atoms with E-state index in [9.17, 15) is 0 Å². The fourth-order valence-corrected chi connectivity index (χ4v) is 3.69. The Morgan fingerprint density at radius 2 is 1.22 bits per heavy atom. The second-order valence-electron chi connectivity index (χ2n) is 6.23. The molecule has 2 aromatic rings. The van der Waals surface area contributed by atoms with Crippen LogP contribution < -0.4 is 10.6 Å². The Kier molecular flexibility index (Phi) is 2.77. The lowest BCUT2D eigenvalue weighted by molar-refractivity contribution is 0.960. The summed E-state index contributed by atoms with van der Waals surface area (Å²) in [6, 6.07) is 13.4. The maximum Gasteiger partial charge on any atom is 0.128 e. The summed E-state index contributed by atoms with van der Waals surface area (Å²) >= 11 is 0. The Bertz CT molecular complexity index is 792. The molecular formula is C19H18N4. The Balaban J connectivity index is 1.52. The summed E-state index contributed by atoms with van der Waals surface area (Å²) in [5.41, 5.74) is 7.91. The van der Waals surface area contributed by atoms with Gasteiger partial charge >= 0.3 is 0 Å². The van der Waals surface area contributed by atoms with Gasteiger partial charge in [0, 0.05) is 24.2 Å². The van der Waals surface area contributed by atoms with E-state index in [0.717, 1.165) is 44.3 Å². The Hall–Kier alpha value is -2.62. The van der Waals surface area contributed by atoms with Crippen LogP contribution in [0.5, 0.6) is 0 Å². The van der Waals surface area contributed by atoms with Crippen molar-refractivity contribution in [2.45, 2.75) is 6.42 Å². The summed E-state index contributed by atoms with van der Waals surface area (Å²) in [4.78, 5) is 9.06. The Morgan fingerprint density at radius 3 is 1.65 bits per heavy atom. The van der Waals surface area contributed by atoms with Gasteiger partial charge in [0.05, 0.1) is 13.1 Å². The lowest BCUT2D eigenvalue weighted by Gasteiger charge is -2.07. The highest BCUT2D eigenvalue weighted by Gasteiger charge is 2.21. The first-order valence-electron chi connectivity index (χ1n) is 8.22. The molecule has 0 saturated carbocycles. The molecule has 0 spiro atoms. The zero-order valence-corrected chi connectivity index (χ0v) is 12.9. The minimum Gasteiger partial charge on any atom is -0.368 e. The molecule has 114 valence electrons. The molecule has 0 fully saturated rings. The van der Waals surface area contributed by atoms with E-state index in [-0.39, 0.29) is 0 Å². The highest BCUT2D eigenvalue weighted by Crippen LogP contribution is 2.37. The van der Waals surface area contributed by atoms with Crippen molar-refractivity contribution >= 4 is 11.7 Å². The number of nitrogens with one attached hydrogen (secondary N) is 2. The normalized spacial score (nSPS) is 17.9. The van der Waals surface area contributed by atoms with Crippen molar-refractivity contribution in [2.75, 3.05) is 26.2 Å². The number of nitrogens with zero attached hydrogens (tertiary/aromatic N) is 2. The van der Waals surface area contributed by atoms with E-state index in [2.05, 4.69) is 57.0 Å². The molecule has 2 aromatic carbocycles. The van der Waals surface area contributed by atoms with Crippen molar-refractivity contribution < 1.29 is 0 Å². The van der Waals surface area contributed by atoms with Crippen LogP contribution in [-0.4, -0.2) is 37.9 Å². The van der Waals surface area contributed by atoms with Gasteiger partial charge in [0.1, 0.15) is 11.7 Å². The molecule has 5 rings (SSSR count). The average molecular weight is 302 g/mol. The summed E-state index contributed by atoms with van der Waals surface area (Å²) < 4.78 is 0. The lowest BCUT2D eigenvalue weighted by atomic mass is 10.0. The molecule has 0 atom stereocenters. The van der Waals surface area contributed by atoms with E-state index in [1.54, 1.807) is 0 Å². The Labute approximate surface area is 135 Å². The number of hydrogen-bond donors (Lipinski definition) is 2. The minimum atomic E-state index is 0.880. The Morgan fingerprint density at radius 1 is 0.696 bits per heavy atom. The smallest absolute Gasteiger partial charge is 0.128 e. The van der Waals surface area contributed by atoms with E-state index < -0.39 is 0 Å². The molecule has 4 nitrogen and oxygen atoms in total. The molecule has 0 saturated heterocycles. The molecule has 1 aliphatic carbocycles. The highest BCUT2D eigenvalue weighted by molar-refractivity contribution is 6.02. The summed E-state index contributed by atoms with van der Waals surface area (Å²) in [6.07, 6.45) is 0.993. The van der Waals surface area contributed by atoms with Crippen molar-refractivity contribution in [1.29, 1.82) is 0 Å². The van der Waals surface area contributed by atoms with Gasteiger partial charge in [0.25, 0.3) is 0 Å². The standard InChI is InChI=1S/C19H18N4/c1-3-16-14(9-12(1)18-20-5-6-21-18)11-15-10-13(2-4-17(15)16)19-22-7-8-23-19/h1-4,9-10H,5-8,11H2,(H,20,21)(H,22,23). The molecule has 23 heavy (non-hydrogen) atoms. The first-order valence-corrected chi connectivity index (χ1v) is 8.22. The van der Waals surface area contributed by atoms with E-state index in [0.29, 0.717) is 0 Å². The SMILES string of the molecule is c1cc2c(cc1C1=NCCN1)Cc1cc(C3=NCCN3)ccc1-2. The summed E-state index contributed by atoms with van der Waals surface area (Å²) in [5, 5.41) is 6.71. The third-order valence-electron chi connectivity index (χ3n) is 4.78. The van der Waals surface area contributed by atoms with E-state index >= 15 is 0 Å². The number of benzene rings is 2. The van der Waals surface area contributed by atoms with E-state index in [1.807, 2.05) is 0 Å². The second kappa shape index (κ2) is 4.95. The van der Waals surface area contributed by atoms with Crippen LogP contribution in [0, 0.1) is 0 Å². The van der Waals surface area contributed by atoms with Crippen molar-refractivity contribution in [3.63, 3.8) is 0 Å². The highest BCUT2D eigenvalue weighted by atomic mass is 15.1. The molecule has 2 heterocycles. The summed E-state index contributed by atoms with van der Waals surface area (Å²) in [5.74, 6) is 2.07. The molecule has 0 amide bonds.